The molecule has 0 spiro atoms. The third-order valence-electron chi connectivity index (χ3n) is 5.91. The number of nitrogens with zero attached hydrogens (tertiary/aromatic N) is 1. The summed E-state index contributed by atoms with van der Waals surface area (Å²) in [6.45, 7) is 2.81. The number of ether oxygens (including phenoxy) is 2. The Morgan fingerprint density at radius 2 is 1.82 bits per heavy atom. The van der Waals surface area contributed by atoms with E-state index < -0.39 is 33.7 Å². The Bertz CT molecular complexity index is 1330. The lowest BCUT2D eigenvalue weighted by Crippen LogP contribution is -2.44. The maximum Gasteiger partial charge on any atom is 0.427 e. The fourth-order valence-corrected chi connectivity index (χ4v) is 5.35. The Kier molecular flexibility index (Phi) is 8.15. The van der Waals surface area contributed by atoms with Crippen molar-refractivity contribution in [2.75, 3.05) is 29.8 Å². The van der Waals surface area contributed by atoms with E-state index >= 15 is 0 Å². The van der Waals surface area contributed by atoms with Gasteiger partial charge in [0.25, 0.3) is 10.0 Å². The highest BCUT2D eigenvalue weighted by Gasteiger charge is 2.51. The first-order valence-electron chi connectivity index (χ1n) is 11.4. The number of fused-ring (bicyclic) bond motifs is 1. The number of methoxy groups -OCH3 is 1. The zero-order valence-electron chi connectivity index (χ0n) is 21.0. The molecule has 2 amide bonds. The standard InChI is InChI=1S/C24H27F4N3O6S/c1-14(32)29-12-15-9-16-5-6-17(30-22(33)37-23(2,3)24(26,27)28)10-20(16)31(13-15)38(34,35)18-7-8-19(25)21(11-18)36-4/h5-8,10-11,15H,9,12-13H2,1-4H3,(H,29,32)(H,30,33). The lowest BCUT2D eigenvalue weighted by atomic mass is 9.93. The van der Waals surface area contributed by atoms with Crippen LogP contribution in [0.2, 0.25) is 0 Å². The van der Waals surface area contributed by atoms with Crippen molar-refractivity contribution in [2.24, 2.45) is 5.92 Å². The third-order valence-corrected chi connectivity index (χ3v) is 7.69. The van der Waals surface area contributed by atoms with Crippen molar-refractivity contribution in [2.45, 2.75) is 43.9 Å². The van der Waals surface area contributed by atoms with Crippen LogP contribution in [0.1, 0.15) is 26.3 Å². The van der Waals surface area contributed by atoms with E-state index in [1.54, 1.807) is 0 Å². The van der Waals surface area contributed by atoms with Gasteiger partial charge in [-0.1, -0.05) is 6.07 Å². The number of carbonyl (C=O) groups excluding carboxylic acids is 2. The number of sulfonamides is 1. The van der Waals surface area contributed by atoms with Crippen molar-refractivity contribution in [3.63, 3.8) is 0 Å². The summed E-state index contributed by atoms with van der Waals surface area (Å²) < 4.78 is 91.0. The van der Waals surface area contributed by atoms with E-state index in [0.717, 1.165) is 22.5 Å². The Balaban J connectivity index is 1.99. The molecule has 14 heteroatoms. The molecular weight excluding hydrogens is 534 g/mol. The highest BCUT2D eigenvalue weighted by Crippen LogP contribution is 2.37. The first-order valence-corrected chi connectivity index (χ1v) is 12.8. The number of benzene rings is 2. The van der Waals surface area contributed by atoms with Gasteiger partial charge in [-0.05, 0) is 56.0 Å². The van der Waals surface area contributed by atoms with E-state index in [4.69, 9.17) is 4.74 Å². The molecule has 3 rings (SSSR count). The minimum atomic E-state index is -4.82. The van der Waals surface area contributed by atoms with Crippen molar-refractivity contribution in [1.82, 2.24) is 5.32 Å². The highest BCUT2D eigenvalue weighted by atomic mass is 32.2. The number of alkyl halides is 3. The van der Waals surface area contributed by atoms with E-state index in [0.29, 0.717) is 25.8 Å². The van der Waals surface area contributed by atoms with Gasteiger partial charge in [0.1, 0.15) is 0 Å². The van der Waals surface area contributed by atoms with Crippen molar-refractivity contribution in [3.05, 3.63) is 47.8 Å². The number of rotatable bonds is 7. The van der Waals surface area contributed by atoms with E-state index in [1.165, 1.54) is 32.2 Å². The molecule has 1 heterocycles. The maximum absolute atomic E-state index is 13.9. The van der Waals surface area contributed by atoms with Crippen molar-refractivity contribution in [3.8, 4) is 5.75 Å². The lowest BCUT2D eigenvalue weighted by molar-refractivity contribution is -0.242. The summed E-state index contributed by atoms with van der Waals surface area (Å²) in [7, 11) is -3.12. The summed E-state index contributed by atoms with van der Waals surface area (Å²) in [4.78, 5) is 23.3. The number of hydrogen-bond donors (Lipinski definition) is 2. The minimum absolute atomic E-state index is 0.0103. The molecule has 1 aliphatic heterocycles. The maximum atomic E-state index is 13.9. The number of halogens is 4. The summed E-state index contributed by atoms with van der Waals surface area (Å²) in [6.07, 6.45) is -5.84. The van der Waals surface area contributed by atoms with Gasteiger partial charge >= 0.3 is 12.3 Å². The molecule has 38 heavy (non-hydrogen) atoms. The molecular formula is C24H27F4N3O6S. The van der Waals surface area contributed by atoms with Gasteiger partial charge < -0.3 is 14.8 Å². The molecule has 0 aliphatic carbocycles. The van der Waals surface area contributed by atoms with Crippen LogP contribution in [-0.4, -0.2) is 52.4 Å². The monoisotopic (exact) mass is 561 g/mol. The van der Waals surface area contributed by atoms with Gasteiger partial charge in [-0.25, -0.2) is 17.6 Å². The first-order chi connectivity index (χ1) is 17.5. The molecule has 0 fully saturated rings. The van der Waals surface area contributed by atoms with Crippen LogP contribution < -0.4 is 19.7 Å². The predicted molar refractivity (Wildman–Crippen MR) is 130 cm³/mol. The van der Waals surface area contributed by atoms with E-state index in [9.17, 15) is 35.6 Å². The SMILES string of the molecule is COc1cc(S(=O)(=O)N2CC(CNC(C)=O)Cc3ccc(NC(=O)OC(C)(C)C(F)(F)F)cc32)ccc1F. The van der Waals surface area contributed by atoms with Crippen LogP contribution in [0.5, 0.6) is 5.75 Å². The molecule has 2 aromatic carbocycles. The largest absolute Gasteiger partial charge is 0.494 e. The molecule has 2 N–H and O–H groups in total. The minimum Gasteiger partial charge on any atom is -0.494 e. The second-order valence-electron chi connectivity index (χ2n) is 9.21. The summed E-state index contributed by atoms with van der Waals surface area (Å²) in [5.41, 5.74) is -2.08. The molecule has 0 bridgehead atoms. The van der Waals surface area contributed by atoms with Gasteiger partial charge in [-0.15, -0.1) is 0 Å². The number of amides is 2. The van der Waals surface area contributed by atoms with Crippen LogP contribution in [0.15, 0.2) is 41.3 Å². The molecule has 2 aromatic rings. The number of nitrogens with one attached hydrogen (secondary N) is 2. The molecule has 1 unspecified atom stereocenters. The second kappa shape index (κ2) is 10.7. The molecule has 1 atom stereocenters. The zero-order valence-corrected chi connectivity index (χ0v) is 21.8. The van der Waals surface area contributed by atoms with Gasteiger partial charge in [0.2, 0.25) is 11.5 Å². The first kappa shape index (κ1) is 29.0. The Hall–Kier alpha value is -3.55. The summed E-state index contributed by atoms with van der Waals surface area (Å²) in [6, 6.07) is 7.26. The summed E-state index contributed by atoms with van der Waals surface area (Å²) in [5.74, 6) is -1.68. The normalized spacial score (nSPS) is 15.9. The predicted octanol–water partition coefficient (Wildman–Crippen LogP) is 4.23. The van der Waals surface area contributed by atoms with E-state index in [-0.39, 0.29) is 46.9 Å². The van der Waals surface area contributed by atoms with Crippen LogP contribution in [-0.2, 0) is 26.0 Å². The lowest BCUT2D eigenvalue weighted by Gasteiger charge is -2.35. The quantitative estimate of drug-likeness (QED) is 0.490. The van der Waals surface area contributed by atoms with Crippen LogP contribution in [0.25, 0.3) is 0 Å². The van der Waals surface area contributed by atoms with Gasteiger partial charge in [-0.2, -0.15) is 13.2 Å². The van der Waals surface area contributed by atoms with Crippen molar-refractivity contribution in [1.29, 1.82) is 0 Å². The Morgan fingerprint density at radius 3 is 2.42 bits per heavy atom. The topological polar surface area (TPSA) is 114 Å². The average molecular weight is 562 g/mol. The fourth-order valence-electron chi connectivity index (χ4n) is 3.77. The third kappa shape index (κ3) is 6.29. The fraction of sp³-hybridized carbons (Fsp3) is 0.417. The van der Waals surface area contributed by atoms with Gasteiger partial charge in [0.05, 0.1) is 17.7 Å². The Morgan fingerprint density at radius 1 is 1.13 bits per heavy atom. The molecule has 9 nitrogen and oxygen atoms in total. The second-order valence-corrected chi connectivity index (χ2v) is 11.1. The van der Waals surface area contributed by atoms with Gasteiger partial charge in [-0.3, -0.25) is 14.4 Å². The molecule has 0 saturated carbocycles. The molecule has 208 valence electrons. The van der Waals surface area contributed by atoms with Crippen LogP contribution in [0.4, 0.5) is 33.7 Å². The van der Waals surface area contributed by atoms with Crippen LogP contribution in [0, 0.1) is 11.7 Å². The van der Waals surface area contributed by atoms with Gasteiger partial charge in [0.15, 0.2) is 11.6 Å². The summed E-state index contributed by atoms with van der Waals surface area (Å²) >= 11 is 0. The number of hydrogen-bond acceptors (Lipinski definition) is 6. The number of anilines is 2. The smallest absolute Gasteiger partial charge is 0.427 e. The van der Waals surface area contributed by atoms with Crippen LogP contribution >= 0.6 is 0 Å². The molecule has 0 aromatic heterocycles. The molecule has 0 radical (unpaired) electrons. The number of carbonyl (C=O) groups is 2. The van der Waals surface area contributed by atoms with E-state index in [1.807, 2.05) is 0 Å². The van der Waals surface area contributed by atoms with Crippen molar-refractivity contribution >= 4 is 33.4 Å². The highest BCUT2D eigenvalue weighted by molar-refractivity contribution is 7.92. The van der Waals surface area contributed by atoms with Crippen LogP contribution in [0.3, 0.4) is 0 Å². The van der Waals surface area contributed by atoms with Crippen molar-refractivity contribution < 1.29 is 45.0 Å². The molecule has 1 aliphatic rings. The summed E-state index contributed by atoms with van der Waals surface area (Å²) in [5, 5.41) is 4.86. The Labute approximate surface area is 217 Å². The molecule has 0 saturated heterocycles. The average Bonchev–Trinajstić information content (AvgIpc) is 2.81. The van der Waals surface area contributed by atoms with Gasteiger partial charge in [0, 0.05) is 31.8 Å². The zero-order chi connectivity index (χ0) is 28.5. The van der Waals surface area contributed by atoms with E-state index in [2.05, 4.69) is 15.4 Å².